The number of hydrogen-bond donors (Lipinski definition) is 1. The SMILES string of the molecule is Cc1cc(-c2cccc(C(=O)N3CCC[C@H](c4nccn4C)C3)c2)nc(N)n1. The molecule has 1 amide bonds. The molecule has 7 heteroatoms. The van der Waals surface area contributed by atoms with Crippen LogP contribution in [0.2, 0.25) is 0 Å². The monoisotopic (exact) mass is 376 g/mol. The molecule has 0 saturated carbocycles. The summed E-state index contributed by atoms with van der Waals surface area (Å²) < 4.78 is 2.04. The van der Waals surface area contributed by atoms with Crippen molar-refractivity contribution in [3.05, 3.63) is 59.8 Å². The van der Waals surface area contributed by atoms with Gasteiger partial charge in [0.05, 0.1) is 5.69 Å². The molecule has 1 saturated heterocycles. The number of aryl methyl sites for hydroxylation is 2. The third-order valence-electron chi connectivity index (χ3n) is 5.21. The maximum Gasteiger partial charge on any atom is 0.253 e. The first-order chi connectivity index (χ1) is 13.5. The summed E-state index contributed by atoms with van der Waals surface area (Å²) in [7, 11) is 2.00. The van der Waals surface area contributed by atoms with Crippen LogP contribution < -0.4 is 5.73 Å². The van der Waals surface area contributed by atoms with Crippen LogP contribution in [-0.2, 0) is 7.05 Å². The van der Waals surface area contributed by atoms with Crippen LogP contribution in [0.3, 0.4) is 0 Å². The van der Waals surface area contributed by atoms with Crippen molar-refractivity contribution >= 4 is 11.9 Å². The highest BCUT2D eigenvalue weighted by Gasteiger charge is 2.27. The fourth-order valence-electron chi connectivity index (χ4n) is 3.88. The summed E-state index contributed by atoms with van der Waals surface area (Å²) in [6, 6.07) is 9.43. The predicted molar refractivity (Wildman–Crippen MR) is 108 cm³/mol. The summed E-state index contributed by atoms with van der Waals surface area (Å²) in [4.78, 5) is 28.0. The Bertz CT molecular complexity index is 991. The van der Waals surface area contributed by atoms with E-state index in [1.54, 1.807) is 0 Å². The molecule has 144 valence electrons. The lowest BCUT2D eigenvalue weighted by Crippen LogP contribution is -2.39. The molecule has 1 aliphatic rings. The summed E-state index contributed by atoms with van der Waals surface area (Å²) >= 11 is 0. The van der Waals surface area contributed by atoms with Crippen LogP contribution in [0.1, 0.15) is 40.6 Å². The van der Waals surface area contributed by atoms with Gasteiger partial charge in [-0.05, 0) is 38.0 Å². The number of likely N-dealkylation sites (tertiary alicyclic amines) is 1. The van der Waals surface area contributed by atoms with Gasteiger partial charge in [-0.3, -0.25) is 4.79 Å². The minimum Gasteiger partial charge on any atom is -0.368 e. The van der Waals surface area contributed by atoms with E-state index in [-0.39, 0.29) is 17.8 Å². The minimum absolute atomic E-state index is 0.0412. The van der Waals surface area contributed by atoms with Gasteiger partial charge in [-0.25, -0.2) is 15.0 Å². The van der Waals surface area contributed by atoms with Gasteiger partial charge in [-0.2, -0.15) is 0 Å². The van der Waals surface area contributed by atoms with Crippen LogP contribution in [-0.4, -0.2) is 43.4 Å². The van der Waals surface area contributed by atoms with Crippen molar-refractivity contribution in [3.8, 4) is 11.3 Å². The molecule has 3 heterocycles. The lowest BCUT2D eigenvalue weighted by atomic mass is 9.96. The van der Waals surface area contributed by atoms with Crippen molar-refractivity contribution < 1.29 is 4.79 Å². The van der Waals surface area contributed by atoms with Gasteiger partial charge in [0.1, 0.15) is 5.82 Å². The fourth-order valence-corrected chi connectivity index (χ4v) is 3.88. The molecule has 0 spiro atoms. The normalized spacial score (nSPS) is 16.9. The van der Waals surface area contributed by atoms with Crippen LogP contribution in [0.15, 0.2) is 42.7 Å². The lowest BCUT2D eigenvalue weighted by molar-refractivity contribution is 0.0703. The number of nitrogen functional groups attached to an aromatic ring is 1. The van der Waals surface area contributed by atoms with E-state index in [2.05, 4.69) is 15.0 Å². The molecule has 3 aromatic rings. The smallest absolute Gasteiger partial charge is 0.253 e. The molecule has 7 nitrogen and oxygen atoms in total. The number of amides is 1. The number of rotatable bonds is 3. The van der Waals surface area contributed by atoms with Gasteiger partial charge >= 0.3 is 0 Å². The number of benzene rings is 1. The lowest BCUT2D eigenvalue weighted by Gasteiger charge is -2.32. The predicted octanol–water partition coefficient (Wildman–Crippen LogP) is 2.79. The van der Waals surface area contributed by atoms with E-state index < -0.39 is 0 Å². The summed E-state index contributed by atoms with van der Waals surface area (Å²) in [5, 5.41) is 0. The Hall–Kier alpha value is -3.22. The highest BCUT2D eigenvalue weighted by atomic mass is 16.2. The van der Waals surface area contributed by atoms with Gasteiger partial charge in [-0.15, -0.1) is 0 Å². The maximum absolute atomic E-state index is 13.2. The molecule has 0 aliphatic carbocycles. The van der Waals surface area contributed by atoms with Crippen LogP contribution in [0.5, 0.6) is 0 Å². The Morgan fingerprint density at radius 2 is 2.11 bits per heavy atom. The second-order valence-electron chi connectivity index (χ2n) is 7.32. The number of imidazole rings is 1. The number of nitrogens with two attached hydrogens (primary N) is 1. The molecule has 2 N–H and O–H groups in total. The van der Waals surface area contributed by atoms with E-state index in [4.69, 9.17) is 5.73 Å². The molecule has 1 atom stereocenters. The standard InChI is InChI=1S/C21H24N6O/c1-14-11-18(25-21(22)24-14)15-5-3-6-16(12-15)20(28)27-9-4-7-17(13-27)19-23-8-10-26(19)2/h3,5-6,8,10-12,17H,4,7,9,13H2,1-2H3,(H2,22,24,25)/t17-/m0/s1. The molecular formula is C21H24N6O. The Morgan fingerprint density at radius 1 is 1.25 bits per heavy atom. The van der Waals surface area contributed by atoms with E-state index in [9.17, 15) is 4.79 Å². The first-order valence-corrected chi connectivity index (χ1v) is 9.49. The zero-order valence-corrected chi connectivity index (χ0v) is 16.2. The van der Waals surface area contributed by atoms with E-state index in [1.165, 1.54) is 0 Å². The van der Waals surface area contributed by atoms with Gasteiger partial charge in [0.15, 0.2) is 0 Å². The summed E-state index contributed by atoms with van der Waals surface area (Å²) in [6.07, 6.45) is 5.79. The third-order valence-corrected chi connectivity index (χ3v) is 5.21. The maximum atomic E-state index is 13.2. The number of anilines is 1. The summed E-state index contributed by atoms with van der Waals surface area (Å²) in [6.45, 7) is 3.33. The van der Waals surface area contributed by atoms with Crippen LogP contribution in [0.25, 0.3) is 11.3 Å². The Kier molecular flexibility index (Phi) is 4.81. The third kappa shape index (κ3) is 3.60. The van der Waals surface area contributed by atoms with Gasteiger partial charge < -0.3 is 15.2 Å². The zero-order valence-electron chi connectivity index (χ0n) is 16.2. The average Bonchev–Trinajstić information content (AvgIpc) is 3.13. The van der Waals surface area contributed by atoms with Crippen LogP contribution in [0, 0.1) is 6.92 Å². The van der Waals surface area contributed by atoms with Crippen molar-refractivity contribution in [2.24, 2.45) is 7.05 Å². The van der Waals surface area contributed by atoms with Crippen LogP contribution in [0.4, 0.5) is 5.95 Å². The molecule has 28 heavy (non-hydrogen) atoms. The largest absolute Gasteiger partial charge is 0.368 e. The highest BCUT2D eigenvalue weighted by Crippen LogP contribution is 2.27. The number of carbonyl (C=O) groups excluding carboxylic acids is 1. The van der Waals surface area contributed by atoms with E-state index >= 15 is 0 Å². The number of nitrogens with zero attached hydrogens (tertiary/aromatic N) is 5. The molecular weight excluding hydrogens is 352 g/mol. The average molecular weight is 376 g/mol. The van der Waals surface area contributed by atoms with E-state index in [1.807, 2.05) is 66.2 Å². The second kappa shape index (κ2) is 7.42. The van der Waals surface area contributed by atoms with Gasteiger partial charge in [-0.1, -0.05) is 12.1 Å². The molecule has 0 bridgehead atoms. The molecule has 0 radical (unpaired) electrons. The topological polar surface area (TPSA) is 89.9 Å². The fraction of sp³-hybridized carbons (Fsp3) is 0.333. The molecule has 1 aromatic carbocycles. The van der Waals surface area contributed by atoms with Crippen molar-refractivity contribution in [1.82, 2.24) is 24.4 Å². The summed E-state index contributed by atoms with van der Waals surface area (Å²) in [5.41, 5.74) is 8.83. The summed E-state index contributed by atoms with van der Waals surface area (Å²) in [5.74, 6) is 1.59. The zero-order chi connectivity index (χ0) is 19.7. The van der Waals surface area contributed by atoms with Crippen molar-refractivity contribution in [2.75, 3.05) is 18.8 Å². The van der Waals surface area contributed by atoms with Crippen LogP contribution >= 0.6 is 0 Å². The molecule has 4 rings (SSSR count). The minimum atomic E-state index is 0.0412. The van der Waals surface area contributed by atoms with Gasteiger partial charge in [0, 0.05) is 55.3 Å². The first-order valence-electron chi connectivity index (χ1n) is 9.49. The van der Waals surface area contributed by atoms with Gasteiger partial charge in [0.2, 0.25) is 5.95 Å². The van der Waals surface area contributed by atoms with Crippen molar-refractivity contribution in [2.45, 2.75) is 25.7 Å². The number of aromatic nitrogens is 4. The Morgan fingerprint density at radius 3 is 2.86 bits per heavy atom. The van der Waals surface area contributed by atoms with E-state index in [0.29, 0.717) is 12.1 Å². The van der Waals surface area contributed by atoms with E-state index in [0.717, 1.165) is 42.2 Å². The molecule has 2 aromatic heterocycles. The second-order valence-corrected chi connectivity index (χ2v) is 7.32. The highest BCUT2D eigenvalue weighted by molar-refractivity contribution is 5.95. The number of hydrogen-bond acceptors (Lipinski definition) is 5. The molecule has 0 unspecified atom stereocenters. The number of carbonyl (C=O) groups is 1. The molecule has 1 aliphatic heterocycles. The first kappa shape index (κ1) is 18.2. The van der Waals surface area contributed by atoms with Crippen molar-refractivity contribution in [1.29, 1.82) is 0 Å². The van der Waals surface area contributed by atoms with Crippen molar-refractivity contribution in [3.63, 3.8) is 0 Å². The number of piperidine rings is 1. The Balaban J connectivity index is 1.57. The Labute approximate surface area is 164 Å². The quantitative estimate of drug-likeness (QED) is 0.759. The van der Waals surface area contributed by atoms with Gasteiger partial charge in [0.25, 0.3) is 5.91 Å². The molecule has 1 fully saturated rings.